The first-order valence-corrected chi connectivity index (χ1v) is 9.47. The van der Waals surface area contributed by atoms with Crippen molar-refractivity contribution in [2.24, 2.45) is 0 Å². The first kappa shape index (κ1) is 16.3. The summed E-state index contributed by atoms with van der Waals surface area (Å²) in [5.74, 6) is 0.751. The Morgan fingerprint density at radius 1 is 1.26 bits per heavy atom. The lowest BCUT2D eigenvalue weighted by molar-refractivity contribution is -0.129. The zero-order chi connectivity index (χ0) is 16.2. The smallest absolute Gasteiger partial charge is 0.232 e. The number of hydrogen-bond acceptors (Lipinski definition) is 3. The predicted molar refractivity (Wildman–Crippen MR) is 97.0 cm³/mol. The Morgan fingerprint density at radius 3 is 2.78 bits per heavy atom. The summed E-state index contributed by atoms with van der Waals surface area (Å²) >= 11 is 1.59. The highest BCUT2D eigenvalue weighted by atomic mass is 32.2. The molecule has 1 aromatic carbocycles. The molecule has 0 saturated carbocycles. The number of amides is 1. The summed E-state index contributed by atoms with van der Waals surface area (Å²) in [6.07, 6.45) is 4.48. The van der Waals surface area contributed by atoms with Crippen molar-refractivity contribution in [3.63, 3.8) is 0 Å². The molecule has 122 valence electrons. The summed E-state index contributed by atoms with van der Waals surface area (Å²) < 4.78 is 0. The maximum atomic E-state index is 12.4. The predicted octanol–water partition coefficient (Wildman–Crippen LogP) is 4.21. The van der Waals surface area contributed by atoms with Crippen molar-refractivity contribution in [1.29, 1.82) is 0 Å². The molecule has 1 fully saturated rings. The van der Waals surface area contributed by atoms with Crippen molar-refractivity contribution in [2.45, 2.75) is 44.6 Å². The second-order valence-corrected chi connectivity index (χ2v) is 7.15. The molecule has 3 rings (SSSR count). The Hall–Kier alpha value is -1.55. The second kappa shape index (κ2) is 7.35. The first-order chi connectivity index (χ1) is 11.2. The quantitative estimate of drug-likeness (QED) is 0.788. The molecule has 4 heteroatoms. The lowest BCUT2D eigenvalue weighted by Gasteiger charge is -2.26. The zero-order valence-electron chi connectivity index (χ0n) is 14.0. The number of pyridine rings is 1. The van der Waals surface area contributed by atoms with E-state index in [1.807, 2.05) is 4.90 Å². The molecule has 0 atom stereocenters. The minimum absolute atomic E-state index is 0.253. The van der Waals surface area contributed by atoms with Crippen LogP contribution in [0.15, 0.2) is 29.3 Å². The van der Waals surface area contributed by atoms with Gasteiger partial charge in [0.25, 0.3) is 0 Å². The van der Waals surface area contributed by atoms with E-state index in [0.717, 1.165) is 42.9 Å². The average Bonchev–Trinajstić information content (AvgIpc) is 2.60. The lowest BCUT2D eigenvalue weighted by atomic mass is 10.1. The topological polar surface area (TPSA) is 33.2 Å². The molecule has 3 nitrogen and oxygen atoms in total. The van der Waals surface area contributed by atoms with E-state index in [4.69, 9.17) is 4.98 Å². The highest BCUT2D eigenvalue weighted by molar-refractivity contribution is 7.99. The Balaban J connectivity index is 1.78. The first-order valence-electron chi connectivity index (χ1n) is 8.49. The van der Waals surface area contributed by atoms with Crippen LogP contribution in [-0.4, -0.2) is 34.6 Å². The third-order valence-corrected chi connectivity index (χ3v) is 5.53. The summed E-state index contributed by atoms with van der Waals surface area (Å²) in [6, 6.07) is 8.50. The number of carbonyl (C=O) groups is 1. The summed E-state index contributed by atoms with van der Waals surface area (Å²) in [7, 11) is 0. The molecule has 0 bridgehead atoms. The molecule has 0 aliphatic carbocycles. The van der Waals surface area contributed by atoms with Gasteiger partial charge in [-0.1, -0.05) is 36.9 Å². The fourth-order valence-electron chi connectivity index (χ4n) is 3.12. The van der Waals surface area contributed by atoms with E-state index in [1.165, 1.54) is 22.9 Å². The average molecular weight is 328 g/mol. The second-order valence-electron chi connectivity index (χ2n) is 6.18. The van der Waals surface area contributed by atoms with Crippen molar-refractivity contribution in [1.82, 2.24) is 9.88 Å². The van der Waals surface area contributed by atoms with Crippen LogP contribution in [0.3, 0.4) is 0 Å². The minimum Gasteiger partial charge on any atom is -0.342 e. The highest BCUT2D eigenvalue weighted by Crippen LogP contribution is 2.27. The molecule has 23 heavy (non-hydrogen) atoms. The van der Waals surface area contributed by atoms with E-state index in [-0.39, 0.29) is 5.91 Å². The number of thioether (sulfide) groups is 1. The van der Waals surface area contributed by atoms with E-state index in [0.29, 0.717) is 5.75 Å². The van der Waals surface area contributed by atoms with E-state index in [2.05, 4.69) is 38.1 Å². The van der Waals surface area contributed by atoms with Crippen LogP contribution in [0.5, 0.6) is 0 Å². The Kier molecular flexibility index (Phi) is 5.21. The third-order valence-electron chi connectivity index (χ3n) is 4.51. The number of rotatable bonds is 4. The molecular formula is C19H24N2OS. The number of aryl methyl sites for hydroxylation is 2. The van der Waals surface area contributed by atoms with E-state index < -0.39 is 0 Å². The van der Waals surface area contributed by atoms with Crippen molar-refractivity contribution in [3.05, 3.63) is 35.4 Å². The Morgan fingerprint density at radius 2 is 2.04 bits per heavy atom. The van der Waals surface area contributed by atoms with Gasteiger partial charge in [0.1, 0.15) is 5.03 Å². The van der Waals surface area contributed by atoms with Crippen LogP contribution in [-0.2, 0) is 11.2 Å². The molecule has 2 aromatic rings. The maximum Gasteiger partial charge on any atom is 0.232 e. The van der Waals surface area contributed by atoms with Crippen LogP contribution in [0.2, 0.25) is 0 Å². The molecule has 0 unspecified atom stereocenters. The number of nitrogens with zero attached hydrogens (tertiary/aromatic N) is 2. The molecular weight excluding hydrogens is 304 g/mol. The van der Waals surface area contributed by atoms with Gasteiger partial charge in [-0.05, 0) is 49.8 Å². The van der Waals surface area contributed by atoms with Crippen LogP contribution in [0, 0.1) is 6.92 Å². The zero-order valence-corrected chi connectivity index (χ0v) is 14.8. The number of carbonyl (C=O) groups excluding carboxylic acids is 1. The van der Waals surface area contributed by atoms with Crippen molar-refractivity contribution < 1.29 is 4.79 Å². The fourth-order valence-corrected chi connectivity index (χ4v) is 4.10. The molecule has 1 amide bonds. The summed E-state index contributed by atoms with van der Waals surface area (Å²) in [5, 5.41) is 2.20. The van der Waals surface area contributed by atoms with Crippen molar-refractivity contribution >= 4 is 28.6 Å². The lowest BCUT2D eigenvalue weighted by Crippen LogP contribution is -2.36. The third kappa shape index (κ3) is 3.69. The van der Waals surface area contributed by atoms with Gasteiger partial charge in [0, 0.05) is 18.5 Å². The number of aromatic nitrogens is 1. The highest BCUT2D eigenvalue weighted by Gasteiger charge is 2.17. The Bertz CT molecular complexity index is 708. The Labute approximate surface area is 142 Å². The van der Waals surface area contributed by atoms with Gasteiger partial charge >= 0.3 is 0 Å². The van der Waals surface area contributed by atoms with Gasteiger partial charge in [0.2, 0.25) is 5.91 Å². The molecule has 1 aromatic heterocycles. The monoisotopic (exact) mass is 328 g/mol. The SMILES string of the molecule is CCc1cc2cccc(C)c2nc1SCC(=O)N1CCCCC1. The molecule has 0 radical (unpaired) electrons. The maximum absolute atomic E-state index is 12.4. The van der Waals surface area contributed by atoms with E-state index in [9.17, 15) is 4.79 Å². The molecule has 1 aliphatic rings. The molecule has 1 aliphatic heterocycles. The van der Waals surface area contributed by atoms with Gasteiger partial charge in [0.05, 0.1) is 11.3 Å². The number of para-hydroxylation sites is 1. The number of likely N-dealkylation sites (tertiary alicyclic amines) is 1. The summed E-state index contributed by atoms with van der Waals surface area (Å²) in [5.41, 5.74) is 3.48. The molecule has 1 saturated heterocycles. The van der Waals surface area contributed by atoms with Gasteiger partial charge in [-0.3, -0.25) is 4.79 Å². The van der Waals surface area contributed by atoms with Crippen LogP contribution in [0.1, 0.15) is 37.3 Å². The van der Waals surface area contributed by atoms with Crippen molar-refractivity contribution in [3.8, 4) is 0 Å². The number of benzene rings is 1. The largest absolute Gasteiger partial charge is 0.342 e. The number of hydrogen-bond donors (Lipinski definition) is 0. The summed E-state index contributed by atoms with van der Waals surface area (Å²) in [4.78, 5) is 19.2. The van der Waals surface area contributed by atoms with Crippen LogP contribution < -0.4 is 0 Å². The number of piperidine rings is 1. The van der Waals surface area contributed by atoms with Gasteiger partial charge in [-0.25, -0.2) is 4.98 Å². The van der Waals surface area contributed by atoms with Gasteiger partial charge in [0.15, 0.2) is 0 Å². The van der Waals surface area contributed by atoms with Gasteiger partial charge in [-0.15, -0.1) is 0 Å². The molecule has 0 spiro atoms. The van der Waals surface area contributed by atoms with Crippen LogP contribution in [0.25, 0.3) is 10.9 Å². The normalized spacial score (nSPS) is 15.1. The van der Waals surface area contributed by atoms with Gasteiger partial charge in [-0.2, -0.15) is 0 Å². The fraction of sp³-hybridized carbons (Fsp3) is 0.474. The van der Waals surface area contributed by atoms with Gasteiger partial charge < -0.3 is 4.90 Å². The van der Waals surface area contributed by atoms with E-state index >= 15 is 0 Å². The van der Waals surface area contributed by atoms with E-state index in [1.54, 1.807) is 11.8 Å². The molecule has 2 heterocycles. The van der Waals surface area contributed by atoms with Crippen molar-refractivity contribution in [2.75, 3.05) is 18.8 Å². The standard InChI is InChI=1S/C19H24N2OS/c1-3-15-12-16-9-7-8-14(2)18(16)20-19(15)23-13-17(22)21-10-5-4-6-11-21/h7-9,12H,3-6,10-11,13H2,1-2H3. The number of fused-ring (bicyclic) bond motifs is 1. The van der Waals surface area contributed by atoms with Crippen LogP contribution >= 0.6 is 11.8 Å². The minimum atomic E-state index is 0.253. The van der Waals surface area contributed by atoms with Crippen LogP contribution in [0.4, 0.5) is 0 Å². The summed E-state index contributed by atoms with van der Waals surface area (Å²) in [6.45, 7) is 6.08. The molecule has 0 N–H and O–H groups in total.